The van der Waals surface area contributed by atoms with Crippen LogP contribution in [0.1, 0.15) is 37.3 Å². The molecule has 1 aliphatic heterocycles. The maximum atomic E-state index is 9.98. The molecule has 0 aromatic heterocycles. The monoisotopic (exact) mass is 262 g/mol. The number of likely N-dealkylation sites (tertiary alicyclic amines) is 1. The highest BCUT2D eigenvalue weighted by molar-refractivity contribution is 5.39. The van der Waals surface area contributed by atoms with Crippen LogP contribution in [0.5, 0.6) is 5.75 Å². The van der Waals surface area contributed by atoms with Gasteiger partial charge in [-0.2, -0.15) is 0 Å². The molecule has 1 aromatic carbocycles. The first-order valence-corrected chi connectivity index (χ1v) is 7.40. The number of hydrogen-bond acceptors (Lipinski definition) is 3. The molecule has 0 radical (unpaired) electrons. The lowest BCUT2D eigenvalue weighted by atomic mass is 10.1. The molecule has 1 heterocycles. The summed E-state index contributed by atoms with van der Waals surface area (Å²) in [6.45, 7) is 8.48. The van der Waals surface area contributed by atoms with Gasteiger partial charge in [0.1, 0.15) is 5.75 Å². The second-order valence-electron chi connectivity index (χ2n) is 5.73. The van der Waals surface area contributed by atoms with Gasteiger partial charge in [0.25, 0.3) is 0 Å². The van der Waals surface area contributed by atoms with Crippen LogP contribution in [0, 0.1) is 6.92 Å². The third-order valence-corrected chi connectivity index (χ3v) is 3.94. The lowest BCUT2D eigenvalue weighted by Crippen LogP contribution is -2.41. The van der Waals surface area contributed by atoms with E-state index < -0.39 is 0 Å². The average Bonchev–Trinajstić information content (AvgIpc) is 2.42. The smallest absolute Gasteiger partial charge is 0.122 e. The van der Waals surface area contributed by atoms with E-state index in [0.29, 0.717) is 11.8 Å². The number of benzene rings is 1. The Morgan fingerprint density at radius 2 is 2.00 bits per heavy atom. The van der Waals surface area contributed by atoms with E-state index in [4.69, 9.17) is 0 Å². The lowest BCUT2D eigenvalue weighted by Gasteiger charge is -2.29. The molecule has 0 aliphatic carbocycles. The molecule has 2 N–H and O–H groups in total. The van der Waals surface area contributed by atoms with Crippen molar-refractivity contribution in [1.82, 2.24) is 10.2 Å². The van der Waals surface area contributed by atoms with Crippen LogP contribution in [-0.2, 0) is 6.54 Å². The molecule has 2 rings (SSSR count). The Kier molecular flexibility index (Phi) is 5.23. The predicted octanol–water partition coefficient (Wildman–Crippen LogP) is 2.66. The van der Waals surface area contributed by atoms with Crippen molar-refractivity contribution in [2.75, 3.05) is 19.6 Å². The van der Waals surface area contributed by atoms with E-state index in [9.17, 15) is 5.11 Å². The molecule has 1 fully saturated rings. The van der Waals surface area contributed by atoms with Gasteiger partial charge in [0, 0.05) is 24.7 Å². The second kappa shape index (κ2) is 6.92. The molecule has 1 unspecified atom stereocenters. The summed E-state index contributed by atoms with van der Waals surface area (Å²) >= 11 is 0. The van der Waals surface area contributed by atoms with Crippen LogP contribution >= 0.6 is 0 Å². The number of aromatic hydroxyl groups is 1. The van der Waals surface area contributed by atoms with Crippen LogP contribution in [-0.4, -0.2) is 35.7 Å². The third kappa shape index (κ3) is 4.22. The molecule has 0 amide bonds. The van der Waals surface area contributed by atoms with Crippen LogP contribution in [0.2, 0.25) is 0 Å². The van der Waals surface area contributed by atoms with Crippen molar-refractivity contribution >= 4 is 0 Å². The fourth-order valence-corrected chi connectivity index (χ4v) is 2.74. The van der Waals surface area contributed by atoms with Gasteiger partial charge in [-0.3, -0.25) is 0 Å². The molecule has 1 saturated heterocycles. The van der Waals surface area contributed by atoms with E-state index in [2.05, 4.69) is 17.1 Å². The SMILES string of the molecule is Cc1cccc(CNC(C)CN2CCCCC2)c1O. The van der Waals surface area contributed by atoms with Crippen molar-refractivity contribution < 1.29 is 5.11 Å². The zero-order valence-electron chi connectivity index (χ0n) is 12.2. The molecular formula is C16H26N2O. The Labute approximate surface area is 116 Å². The van der Waals surface area contributed by atoms with Gasteiger partial charge in [0.2, 0.25) is 0 Å². The summed E-state index contributed by atoms with van der Waals surface area (Å²) in [5.41, 5.74) is 1.94. The topological polar surface area (TPSA) is 35.5 Å². The Morgan fingerprint density at radius 1 is 1.26 bits per heavy atom. The standard InChI is InChI=1S/C16H26N2O/c1-13-7-6-8-15(16(13)19)11-17-14(2)12-18-9-4-3-5-10-18/h6-8,14,17,19H,3-5,9-12H2,1-2H3. The molecule has 19 heavy (non-hydrogen) atoms. The normalized spacial score (nSPS) is 18.4. The van der Waals surface area contributed by atoms with Gasteiger partial charge in [0.05, 0.1) is 0 Å². The molecule has 1 aromatic rings. The zero-order valence-corrected chi connectivity index (χ0v) is 12.2. The summed E-state index contributed by atoms with van der Waals surface area (Å²) in [7, 11) is 0. The molecule has 3 heteroatoms. The second-order valence-corrected chi connectivity index (χ2v) is 5.73. The molecule has 1 aliphatic rings. The summed E-state index contributed by atoms with van der Waals surface area (Å²) in [5.74, 6) is 0.431. The lowest BCUT2D eigenvalue weighted by molar-refractivity contribution is 0.208. The molecule has 3 nitrogen and oxygen atoms in total. The molecule has 0 bridgehead atoms. The molecular weight excluding hydrogens is 236 g/mol. The minimum atomic E-state index is 0.431. The van der Waals surface area contributed by atoms with Gasteiger partial charge in [-0.25, -0.2) is 0 Å². The Balaban J connectivity index is 1.79. The van der Waals surface area contributed by atoms with Crippen molar-refractivity contribution in [3.63, 3.8) is 0 Å². The fourth-order valence-electron chi connectivity index (χ4n) is 2.74. The van der Waals surface area contributed by atoms with E-state index in [1.807, 2.05) is 25.1 Å². The number of hydrogen-bond donors (Lipinski definition) is 2. The van der Waals surface area contributed by atoms with Crippen LogP contribution in [0.25, 0.3) is 0 Å². The van der Waals surface area contributed by atoms with Crippen LogP contribution < -0.4 is 5.32 Å². The summed E-state index contributed by atoms with van der Waals surface area (Å²) < 4.78 is 0. The first-order valence-electron chi connectivity index (χ1n) is 7.40. The quantitative estimate of drug-likeness (QED) is 0.856. The fraction of sp³-hybridized carbons (Fsp3) is 0.625. The summed E-state index contributed by atoms with van der Waals surface area (Å²) in [5, 5.41) is 13.5. The third-order valence-electron chi connectivity index (χ3n) is 3.94. The minimum absolute atomic E-state index is 0.431. The van der Waals surface area contributed by atoms with E-state index >= 15 is 0 Å². The Hall–Kier alpha value is -1.06. The number of nitrogens with zero attached hydrogens (tertiary/aromatic N) is 1. The van der Waals surface area contributed by atoms with Crippen molar-refractivity contribution in [2.24, 2.45) is 0 Å². The van der Waals surface area contributed by atoms with E-state index in [0.717, 1.165) is 24.2 Å². The molecule has 0 saturated carbocycles. The van der Waals surface area contributed by atoms with Crippen LogP contribution in [0.3, 0.4) is 0 Å². The number of para-hydroxylation sites is 1. The highest BCUT2D eigenvalue weighted by atomic mass is 16.3. The zero-order chi connectivity index (χ0) is 13.7. The van der Waals surface area contributed by atoms with Crippen LogP contribution in [0.15, 0.2) is 18.2 Å². The summed E-state index contributed by atoms with van der Waals surface area (Å²) in [4.78, 5) is 2.54. The highest BCUT2D eigenvalue weighted by Crippen LogP contribution is 2.21. The Bertz CT molecular complexity index is 400. The maximum Gasteiger partial charge on any atom is 0.122 e. The van der Waals surface area contributed by atoms with E-state index in [1.54, 1.807) is 0 Å². The first kappa shape index (κ1) is 14.4. The number of nitrogens with one attached hydrogen (secondary N) is 1. The molecule has 0 spiro atoms. The Morgan fingerprint density at radius 3 is 2.74 bits per heavy atom. The van der Waals surface area contributed by atoms with Crippen LogP contribution in [0.4, 0.5) is 0 Å². The van der Waals surface area contributed by atoms with E-state index in [1.165, 1.54) is 32.4 Å². The van der Waals surface area contributed by atoms with Crippen molar-refractivity contribution in [3.05, 3.63) is 29.3 Å². The van der Waals surface area contributed by atoms with Gasteiger partial charge >= 0.3 is 0 Å². The van der Waals surface area contributed by atoms with Crippen molar-refractivity contribution in [2.45, 2.75) is 45.7 Å². The summed E-state index contributed by atoms with van der Waals surface area (Å²) in [6.07, 6.45) is 4.06. The molecule has 106 valence electrons. The van der Waals surface area contributed by atoms with Crippen molar-refractivity contribution in [1.29, 1.82) is 0 Å². The first-order chi connectivity index (χ1) is 9.16. The van der Waals surface area contributed by atoms with E-state index in [-0.39, 0.29) is 0 Å². The average molecular weight is 262 g/mol. The largest absolute Gasteiger partial charge is 0.507 e. The minimum Gasteiger partial charge on any atom is -0.507 e. The van der Waals surface area contributed by atoms with Gasteiger partial charge in [-0.1, -0.05) is 24.6 Å². The predicted molar refractivity (Wildman–Crippen MR) is 79.4 cm³/mol. The summed E-state index contributed by atoms with van der Waals surface area (Å²) in [6, 6.07) is 6.39. The van der Waals surface area contributed by atoms with Gasteiger partial charge in [-0.05, 0) is 45.3 Å². The number of phenols is 1. The molecule has 1 atom stereocenters. The maximum absolute atomic E-state index is 9.98. The highest BCUT2D eigenvalue weighted by Gasteiger charge is 2.13. The number of aryl methyl sites for hydroxylation is 1. The van der Waals surface area contributed by atoms with Gasteiger partial charge in [0.15, 0.2) is 0 Å². The van der Waals surface area contributed by atoms with Gasteiger partial charge in [-0.15, -0.1) is 0 Å². The number of rotatable bonds is 5. The number of piperidine rings is 1. The number of phenolic OH excluding ortho intramolecular Hbond substituents is 1. The van der Waals surface area contributed by atoms with Gasteiger partial charge < -0.3 is 15.3 Å². The van der Waals surface area contributed by atoms with Crippen molar-refractivity contribution in [3.8, 4) is 5.75 Å².